The molecule has 2 fully saturated rings. The average molecular weight is 496 g/mol. The van der Waals surface area contributed by atoms with Crippen LogP contribution in [-0.4, -0.2) is 115 Å². The summed E-state index contributed by atoms with van der Waals surface area (Å²) in [7, 11) is 1.80. The summed E-state index contributed by atoms with van der Waals surface area (Å²) in [6, 6.07) is 8.07. The highest BCUT2D eigenvalue weighted by atomic mass is 16.2. The van der Waals surface area contributed by atoms with Gasteiger partial charge < -0.3 is 20.0 Å². The zero-order valence-corrected chi connectivity index (χ0v) is 21.8. The number of pyridine rings is 1. The maximum atomic E-state index is 12.5. The van der Waals surface area contributed by atoms with Crippen LogP contribution in [0.2, 0.25) is 0 Å². The van der Waals surface area contributed by atoms with Gasteiger partial charge in [-0.1, -0.05) is 6.92 Å². The third-order valence-electron chi connectivity index (χ3n) is 7.02. The second kappa shape index (κ2) is 13.4. The Morgan fingerprint density at radius 3 is 2.19 bits per heavy atom. The quantitative estimate of drug-likeness (QED) is 0.499. The van der Waals surface area contributed by atoms with Crippen molar-refractivity contribution in [2.24, 2.45) is 0 Å². The number of carbonyl (C=O) groups is 1. The zero-order valence-electron chi connectivity index (χ0n) is 21.8. The van der Waals surface area contributed by atoms with Crippen LogP contribution in [0.1, 0.15) is 25.5 Å². The minimum absolute atomic E-state index is 0.0737. The number of anilines is 2. The molecule has 0 spiro atoms. The fourth-order valence-corrected chi connectivity index (χ4v) is 4.85. The summed E-state index contributed by atoms with van der Waals surface area (Å²) in [5.74, 6) is 0.920. The molecule has 0 radical (unpaired) electrons. The second-order valence-electron chi connectivity index (χ2n) is 9.69. The van der Waals surface area contributed by atoms with Crippen LogP contribution in [0.5, 0.6) is 0 Å². The van der Waals surface area contributed by atoms with E-state index in [9.17, 15) is 4.79 Å². The summed E-state index contributed by atoms with van der Waals surface area (Å²) in [5, 5.41) is 11.8. The van der Waals surface area contributed by atoms with E-state index in [1.54, 1.807) is 11.9 Å². The highest BCUT2D eigenvalue weighted by molar-refractivity contribution is 5.73. The first-order valence-corrected chi connectivity index (χ1v) is 13.3. The maximum Gasteiger partial charge on any atom is 0.317 e. The molecular weight excluding hydrogens is 454 g/mol. The smallest absolute Gasteiger partial charge is 0.317 e. The van der Waals surface area contributed by atoms with Crippen LogP contribution in [0.15, 0.2) is 36.7 Å². The van der Waals surface area contributed by atoms with Gasteiger partial charge in [0.25, 0.3) is 0 Å². The van der Waals surface area contributed by atoms with E-state index < -0.39 is 0 Å². The van der Waals surface area contributed by atoms with Crippen molar-refractivity contribution >= 4 is 17.5 Å². The van der Waals surface area contributed by atoms with Gasteiger partial charge >= 0.3 is 6.03 Å². The third-order valence-corrected chi connectivity index (χ3v) is 7.02. The molecule has 36 heavy (non-hydrogen) atoms. The van der Waals surface area contributed by atoms with Crippen LogP contribution in [0.25, 0.3) is 0 Å². The summed E-state index contributed by atoms with van der Waals surface area (Å²) in [6.07, 6.45) is 5.83. The van der Waals surface area contributed by atoms with E-state index >= 15 is 0 Å². The molecule has 10 nitrogen and oxygen atoms in total. The Morgan fingerprint density at radius 2 is 1.56 bits per heavy atom. The molecule has 0 bridgehead atoms. The van der Waals surface area contributed by atoms with Crippen LogP contribution in [0.3, 0.4) is 0 Å². The lowest BCUT2D eigenvalue weighted by Crippen LogP contribution is -2.47. The minimum Gasteiger partial charge on any atom is -0.369 e. The van der Waals surface area contributed by atoms with Crippen molar-refractivity contribution in [1.29, 1.82) is 0 Å². The Labute approximate surface area is 215 Å². The number of nitrogens with zero attached hydrogens (tertiary/aromatic N) is 8. The lowest BCUT2D eigenvalue weighted by molar-refractivity contribution is 0.204. The summed E-state index contributed by atoms with van der Waals surface area (Å²) in [4.78, 5) is 27.9. The van der Waals surface area contributed by atoms with Crippen molar-refractivity contribution in [1.82, 2.24) is 35.2 Å². The predicted octanol–water partition coefficient (Wildman–Crippen LogP) is 1.76. The molecule has 10 heteroatoms. The lowest BCUT2D eigenvalue weighted by atomic mass is 10.2. The first-order chi connectivity index (χ1) is 17.6. The molecule has 2 aliphatic heterocycles. The van der Waals surface area contributed by atoms with E-state index in [4.69, 9.17) is 0 Å². The van der Waals surface area contributed by atoms with E-state index in [0.717, 1.165) is 83.4 Å². The summed E-state index contributed by atoms with van der Waals surface area (Å²) >= 11 is 0. The summed E-state index contributed by atoms with van der Waals surface area (Å²) < 4.78 is 0. The van der Waals surface area contributed by atoms with Crippen LogP contribution < -0.4 is 15.1 Å². The van der Waals surface area contributed by atoms with Gasteiger partial charge in [0, 0.05) is 84.0 Å². The molecular formula is C26H41N9O. The van der Waals surface area contributed by atoms with E-state index in [0.29, 0.717) is 13.1 Å². The van der Waals surface area contributed by atoms with E-state index in [2.05, 4.69) is 59.2 Å². The second-order valence-corrected chi connectivity index (χ2v) is 9.69. The minimum atomic E-state index is -0.0737. The number of carbonyl (C=O) groups excluding carboxylic acids is 1. The van der Waals surface area contributed by atoms with Crippen molar-refractivity contribution < 1.29 is 4.79 Å². The van der Waals surface area contributed by atoms with Gasteiger partial charge in [0.15, 0.2) is 5.82 Å². The standard InChI is InChI=1S/C26H41N9O/c1-3-12-32-16-20-35(21-17-32)25-6-5-23(29-30-25)22-31(2)26(36)28-9-4-13-33-14-18-34(19-15-33)24-7-10-27-11-8-24/h5-8,10-11H,3-4,9,12-22H2,1-2H3,(H,28,36). The molecule has 196 valence electrons. The van der Waals surface area contributed by atoms with Crippen LogP contribution >= 0.6 is 0 Å². The Hall–Kier alpha value is -2.98. The number of hydrogen-bond acceptors (Lipinski definition) is 8. The molecule has 4 heterocycles. The van der Waals surface area contributed by atoms with Gasteiger partial charge in [0.05, 0.1) is 12.2 Å². The van der Waals surface area contributed by atoms with Crippen molar-refractivity contribution in [2.75, 3.05) is 88.8 Å². The number of nitrogens with one attached hydrogen (secondary N) is 1. The van der Waals surface area contributed by atoms with E-state index in [1.165, 1.54) is 12.1 Å². The fraction of sp³-hybridized carbons (Fsp3) is 0.615. The van der Waals surface area contributed by atoms with Gasteiger partial charge in [0.1, 0.15) is 0 Å². The van der Waals surface area contributed by atoms with Gasteiger partial charge in [0.2, 0.25) is 0 Å². The van der Waals surface area contributed by atoms with Gasteiger partial charge in [-0.15, -0.1) is 5.10 Å². The largest absolute Gasteiger partial charge is 0.369 e. The Kier molecular flexibility index (Phi) is 9.68. The van der Waals surface area contributed by atoms with E-state index in [1.807, 2.05) is 24.5 Å². The first kappa shape index (κ1) is 26.1. The van der Waals surface area contributed by atoms with Crippen LogP contribution in [0.4, 0.5) is 16.3 Å². The Morgan fingerprint density at radius 1 is 0.889 bits per heavy atom. The molecule has 2 aromatic heterocycles. The molecule has 2 amide bonds. The molecule has 2 aromatic rings. The molecule has 0 aliphatic carbocycles. The number of aromatic nitrogens is 3. The number of amides is 2. The molecule has 2 saturated heterocycles. The van der Waals surface area contributed by atoms with Crippen LogP contribution in [-0.2, 0) is 6.54 Å². The van der Waals surface area contributed by atoms with Crippen molar-refractivity contribution in [3.05, 3.63) is 42.4 Å². The maximum absolute atomic E-state index is 12.5. The number of hydrogen-bond donors (Lipinski definition) is 1. The van der Waals surface area contributed by atoms with Gasteiger partial charge in [-0.3, -0.25) is 14.8 Å². The number of piperazine rings is 2. The van der Waals surface area contributed by atoms with Crippen molar-refractivity contribution in [2.45, 2.75) is 26.3 Å². The molecule has 0 unspecified atom stereocenters. The van der Waals surface area contributed by atoms with Crippen LogP contribution in [0, 0.1) is 0 Å². The van der Waals surface area contributed by atoms with Gasteiger partial charge in [-0.25, -0.2) is 4.79 Å². The van der Waals surface area contributed by atoms with Crippen molar-refractivity contribution in [3.63, 3.8) is 0 Å². The first-order valence-electron chi connectivity index (χ1n) is 13.3. The monoisotopic (exact) mass is 495 g/mol. The number of rotatable bonds is 10. The fourth-order valence-electron chi connectivity index (χ4n) is 4.85. The highest BCUT2D eigenvalue weighted by Gasteiger charge is 2.19. The summed E-state index contributed by atoms with van der Waals surface area (Å²) in [6.45, 7) is 13.7. The number of urea groups is 1. The molecule has 0 saturated carbocycles. The lowest BCUT2D eigenvalue weighted by Gasteiger charge is -2.36. The molecule has 2 aliphatic rings. The molecule has 4 rings (SSSR count). The molecule has 1 N–H and O–H groups in total. The van der Waals surface area contributed by atoms with E-state index in [-0.39, 0.29) is 6.03 Å². The summed E-state index contributed by atoms with van der Waals surface area (Å²) in [5.41, 5.74) is 2.04. The topological polar surface area (TPSA) is 84.0 Å². The Balaban J connectivity index is 1.10. The zero-order chi connectivity index (χ0) is 25.2. The predicted molar refractivity (Wildman–Crippen MR) is 143 cm³/mol. The van der Waals surface area contributed by atoms with Gasteiger partial charge in [-0.05, 0) is 50.2 Å². The Bertz CT molecular complexity index is 911. The SMILES string of the molecule is CCCN1CCN(c2ccc(CN(C)C(=O)NCCCN3CCN(c4ccncc4)CC3)nn2)CC1. The third kappa shape index (κ3) is 7.51. The van der Waals surface area contributed by atoms with Gasteiger partial charge in [-0.2, -0.15) is 5.10 Å². The highest BCUT2D eigenvalue weighted by Crippen LogP contribution is 2.15. The van der Waals surface area contributed by atoms with Crippen molar-refractivity contribution in [3.8, 4) is 0 Å². The molecule has 0 aromatic carbocycles. The molecule has 0 atom stereocenters. The normalized spacial score (nSPS) is 17.3. The average Bonchev–Trinajstić information content (AvgIpc) is 2.93.